The van der Waals surface area contributed by atoms with Gasteiger partial charge in [0.15, 0.2) is 0 Å². The number of rotatable bonds is 2. The number of carbonyl (C=O) groups is 1. The third kappa shape index (κ3) is 2.30. The van der Waals surface area contributed by atoms with Gasteiger partial charge in [-0.2, -0.15) is 0 Å². The maximum absolute atomic E-state index is 11.7. The van der Waals surface area contributed by atoms with E-state index in [-0.39, 0.29) is 5.56 Å². The lowest BCUT2D eigenvalue weighted by molar-refractivity contribution is 0.0699. The highest BCUT2D eigenvalue weighted by atomic mass is 16.4. The number of carboxylic acid groups (broad SMARTS) is 1. The second kappa shape index (κ2) is 5.18. The van der Waals surface area contributed by atoms with Crippen molar-refractivity contribution in [3.05, 3.63) is 72.6 Å². The molecule has 0 fully saturated rings. The van der Waals surface area contributed by atoms with Crippen LogP contribution in [-0.4, -0.2) is 21.0 Å². The Kier molecular flexibility index (Phi) is 3.01. The van der Waals surface area contributed by atoms with Gasteiger partial charge in [0.2, 0.25) is 0 Å². The molecule has 0 spiro atoms. The van der Waals surface area contributed by atoms with Crippen LogP contribution in [0.5, 0.6) is 0 Å². The van der Waals surface area contributed by atoms with Crippen LogP contribution in [0.3, 0.4) is 0 Å². The van der Waals surface area contributed by atoms with Gasteiger partial charge in [0, 0.05) is 23.3 Å². The van der Waals surface area contributed by atoms with Crippen LogP contribution in [0.25, 0.3) is 32.9 Å². The minimum absolute atomic E-state index is 0.250. The highest BCUT2D eigenvalue weighted by molar-refractivity contribution is 6.08. The van der Waals surface area contributed by atoms with Crippen molar-refractivity contribution >= 4 is 27.6 Å². The zero-order valence-electron chi connectivity index (χ0n) is 12.1. The Hall–Kier alpha value is -3.27. The molecule has 0 aliphatic heterocycles. The maximum Gasteiger partial charge on any atom is 0.336 e. The minimum Gasteiger partial charge on any atom is -0.478 e. The highest BCUT2D eigenvalue weighted by Gasteiger charge is 2.13. The van der Waals surface area contributed by atoms with Crippen molar-refractivity contribution in [2.24, 2.45) is 0 Å². The summed E-state index contributed by atoms with van der Waals surface area (Å²) >= 11 is 0. The molecular weight excluding hydrogens is 288 g/mol. The Morgan fingerprint density at radius 1 is 0.957 bits per heavy atom. The van der Waals surface area contributed by atoms with Crippen molar-refractivity contribution < 1.29 is 9.90 Å². The van der Waals surface area contributed by atoms with Gasteiger partial charge in [0.25, 0.3) is 0 Å². The average molecular weight is 300 g/mol. The zero-order chi connectivity index (χ0) is 15.8. The first kappa shape index (κ1) is 13.4. The lowest BCUT2D eigenvalue weighted by atomic mass is 10.0. The topological polar surface area (TPSA) is 63.1 Å². The molecule has 2 aromatic carbocycles. The summed E-state index contributed by atoms with van der Waals surface area (Å²) in [4.78, 5) is 20.4. The van der Waals surface area contributed by atoms with Crippen molar-refractivity contribution in [1.82, 2.24) is 9.97 Å². The summed E-state index contributed by atoms with van der Waals surface area (Å²) in [5.74, 6) is -0.960. The van der Waals surface area contributed by atoms with Crippen molar-refractivity contribution in [3.63, 3.8) is 0 Å². The Balaban J connectivity index is 2.08. The van der Waals surface area contributed by atoms with E-state index in [4.69, 9.17) is 0 Å². The van der Waals surface area contributed by atoms with Gasteiger partial charge in [-0.15, -0.1) is 0 Å². The van der Waals surface area contributed by atoms with Gasteiger partial charge in [-0.05, 0) is 41.1 Å². The molecule has 0 aliphatic carbocycles. The maximum atomic E-state index is 11.7. The van der Waals surface area contributed by atoms with Gasteiger partial charge in [-0.25, -0.2) is 9.78 Å². The quantitative estimate of drug-likeness (QED) is 0.565. The summed E-state index contributed by atoms with van der Waals surface area (Å²) in [6.45, 7) is 0. The van der Waals surface area contributed by atoms with E-state index in [1.54, 1.807) is 18.5 Å². The van der Waals surface area contributed by atoms with Crippen LogP contribution >= 0.6 is 0 Å². The third-order valence-corrected chi connectivity index (χ3v) is 3.86. The van der Waals surface area contributed by atoms with Crippen LogP contribution in [0.1, 0.15) is 10.4 Å². The number of carboxylic acids is 1. The van der Waals surface area contributed by atoms with Crippen LogP contribution in [0, 0.1) is 0 Å². The SMILES string of the molecule is O=C(O)c1cc(-c2cccnc2)nc2cc3ccccc3cc12. The number of fused-ring (bicyclic) bond motifs is 2. The molecule has 0 unspecified atom stereocenters. The van der Waals surface area contributed by atoms with E-state index < -0.39 is 5.97 Å². The molecule has 2 aromatic heterocycles. The van der Waals surface area contributed by atoms with Crippen LogP contribution in [0.2, 0.25) is 0 Å². The van der Waals surface area contributed by atoms with Crippen LogP contribution < -0.4 is 0 Å². The van der Waals surface area contributed by atoms with E-state index in [0.717, 1.165) is 16.3 Å². The summed E-state index contributed by atoms with van der Waals surface area (Å²) in [6.07, 6.45) is 3.36. The van der Waals surface area contributed by atoms with Crippen molar-refractivity contribution in [3.8, 4) is 11.3 Å². The fraction of sp³-hybridized carbons (Fsp3) is 0. The molecule has 4 heteroatoms. The van der Waals surface area contributed by atoms with Gasteiger partial charge in [-0.1, -0.05) is 24.3 Å². The number of hydrogen-bond acceptors (Lipinski definition) is 3. The molecule has 110 valence electrons. The molecule has 23 heavy (non-hydrogen) atoms. The molecular formula is C19H12N2O2. The van der Waals surface area contributed by atoms with E-state index in [9.17, 15) is 9.90 Å². The van der Waals surface area contributed by atoms with Gasteiger partial charge in [0.1, 0.15) is 0 Å². The number of aromatic nitrogens is 2. The first-order chi connectivity index (χ1) is 11.2. The summed E-state index contributed by atoms with van der Waals surface area (Å²) in [6, 6.07) is 16.9. The largest absolute Gasteiger partial charge is 0.478 e. The number of nitrogens with zero attached hydrogens (tertiary/aromatic N) is 2. The third-order valence-electron chi connectivity index (χ3n) is 3.86. The Labute approximate surface area is 132 Å². The molecule has 0 aliphatic rings. The first-order valence-electron chi connectivity index (χ1n) is 7.19. The van der Waals surface area contributed by atoms with E-state index >= 15 is 0 Å². The molecule has 0 saturated heterocycles. The predicted octanol–water partition coefficient (Wildman–Crippen LogP) is 4.15. The van der Waals surface area contributed by atoms with E-state index in [2.05, 4.69) is 9.97 Å². The van der Waals surface area contributed by atoms with Gasteiger partial charge >= 0.3 is 5.97 Å². The lowest BCUT2D eigenvalue weighted by Crippen LogP contribution is -2.00. The zero-order valence-corrected chi connectivity index (χ0v) is 12.1. The number of hydrogen-bond donors (Lipinski definition) is 1. The highest BCUT2D eigenvalue weighted by Crippen LogP contribution is 2.28. The van der Waals surface area contributed by atoms with Crippen molar-refractivity contribution in [2.75, 3.05) is 0 Å². The normalized spacial score (nSPS) is 11.0. The van der Waals surface area contributed by atoms with Crippen LogP contribution in [0.15, 0.2) is 67.0 Å². The Morgan fingerprint density at radius 3 is 2.43 bits per heavy atom. The van der Waals surface area contributed by atoms with E-state index in [1.807, 2.05) is 48.5 Å². The fourth-order valence-electron chi connectivity index (χ4n) is 2.75. The minimum atomic E-state index is -0.960. The first-order valence-corrected chi connectivity index (χ1v) is 7.19. The smallest absolute Gasteiger partial charge is 0.336 e. The molecule has 2 heterocycles. The molecule has 4 nitrogen and oxygen atoms in total. The fourth-order valence-corrected chi connectivity index (χ4v) is 2.75. The summed E-state index contributed by atoms with van der Waals surface area (Å²) in [5, 5.41) is 12.3. The molecule has 0 saturated carbocycles. The number of benzene rings is 2. The second-order valence-electron chi connectivity index (χ2n) is 5.32. The monoisotopic (exact) mass is 300 g/mol. The number of pyridine rings is 2. The lowest BCUT2D eigenvalue weighted by Gasteiger charge is -2.08. The molecule has 0 amide bonds. The van der Waals surface area contributed by atoms with Crippen LogP contribution in [-0.2, 0) is 0 Å². The molecule has 4 rings (SSSR count). The standard InChI is InChI=1S/C19H12N2O2/c22-19(23)16-10-17(14-6-3-7-20-11-14)21-18-9-13-5-2-1-4-12(13)8-15(16)18/h1-11H,(H,22,23). The van der Waals surface area contributed by atoms with Gasteiger partial charge < -0.3 is 5.11 Å². The number of aromatic carboxylic acids is 1. The molecule has 4 aromatic rings. The summed E-state index contributed by atoms with van der Waals surface area (Å²) in [5.41, 5.74) is 2.32. The van der Waals surface area contributed by atoms with E-state index in [0.29, 0.717) is 16.6 Å². The van der Waals surface area contributed by atoms with Crippen molar-refractivity contribution in [1.29, 1.82) is 0 Å². The summed E-state index contributed by atoms with van der Waals surface area (Å²) in [7, 11) is 0. The van der Waals surface area contributed by atoms with Gasteiger partial charge in [0.05, 0.1) is 16.8 Å². The van der Waals surface area contributed by atoms with Gasteiger partial charge in [-0.3, -0.25) is 4.98 Å². The average Bonchev–Trinajstić information content (AvgIpc) is 2.59. The Morgan fingerprint density at radius 2 is 1.74 bits per heavy atom. The predicted molar refractivity (Wildman–Crippen MR) is 89.4 cm³/mol. The molecule has 0 radical (unpaired) electrons. The molecule has 1 N–H and O–H groups in total. The van der Waals surface area contributed by atoms with E-state index in [1.165, 1.54) is 0 Å². The Bertz CT molecular complexity index is 1040. The van der Waals surface area contributed by atoms with Crippen LogP contribution in [0.4, 0.5) is 0 Å². The van der Waals surface area contributed by atoms with Crippen molar-refractivity contribution in [2.45, 2.75) is 0 Å². The summed E-state index contributed by atoms with van der Waals surface area (Å²) < 4.78 is 0. The molecule has 0 bridgehead atoms. The molecule has 0 atom stereocenters. The second-order valence-corrected chi connectivity index (χ2v) is 5.32.